The fraction of sp³-hybridized carbons (Fsp3) is 0.231. The van der Waals surface area contributed by atoms with E-state index in [0.717, 1.165) is 16.3 Å². The van der Waals surface area contributed by atoms with Crippen LogP contribution in [-0.2, 0) is 6.54 Å². The molecule has 2 rings (SSSR count). The van der Waals surface area contributed by atoms with Gasteiger partial charge >= 0.3 is 0 Å². The third-order valence-corrected chi connectivity index (χ3v) is 3.84. The first-order chi connectivity index (χ1) is 8.56. The summed E-state index contributed by atoms with van der Waals surface area (Å²) in [4.78, 5) is 19.7. The second-order valence-electron chi connectivity index (χ2n) is 4.10. The molecule has 2 heterocycles. The number of thiophene rings is 1. The second-order valence-corrected chi connectivity index (χ2v) is 5.53. The zero-order valence-electron chi connectivity index (χ0n) is 10.3. The molecule has 18 heavy (non-hydrogen) atoms. The van der Waals surface area contributed by atoms with Gasteiger partial charge in [-0.25, -0.2) is 0 Å². The fourth-order valence-corrected chi connectivity index (χ4v) is 2.77. The van der Waals surface area contributed by atoms with Crippen molar-refractivity contribution in [3.05, 3.63) is 45.9 Å². The summed E-state index contributed by atoms with van der Waals surface area (Å²) in [6, 6.07) is 7.61. The minimum absolute atomic E-state index is 0.00334. The van der Waals surface area contributed by atoms with Crippen LogP contribution in [0.4, 0.5) is 0 Å². The molecule has 0 radical (unpaired) electrons. The van der Waals surface area contributed by atoms with E-state index in [0.29, 0.717) is 11.4 Å². The van der Waals surface area contributed by atoms with Crippen LogP contribution in [0.5, 0.6) is 0 Å². The Kier molecular flexibility index (Phi) is 4.04. The Morgan fingerprint density at radius 2 is 2.28 bits per heavy atom. The topological polar surface area (TPSA) is 33.2 Å². The van der Waals surface area contributed by atoms with Gasteiger partial charge in [-0.15, -0.1) is 24.0 Å². The quantitative estimate of drug-likeness (QED) is 0.876. The van der Waals surface area contributed by atoms with Gasteiger partial charge in [0, 0.05) is 23.0 Å². The van der Waals surface area contributed by atoms with Gasteiger partial charge in [0.05, 0.1) is 17.1 Å². The number of pyridine rings is 1. The summed E-state index contributed by atoms with van der Waals surface area (Å²) in [6.45, 7) is 2.46. The molecule has 0 unspecified atom stereocenters. The number of hydrogen-bond acceptors (Lipinski definition) is 4. The molecule has 0 aliphatic carbocycles. The van der Waals surface area contributed by atoms with E-state index in [1.165, 1.54) is 11.3 Å². The zero-order valence-corrected chi connectivity index (χ0v) is 12.0. The Morgan fingerprint density at radius 3 is 2.89 bits per heavy atom. The Hall–Kier alpha value is -1.33. The Balaban J connectivity index is 2.08. The first-order valence-electron chi connectivity index (χ1n) is 5.52. The van der Waals surface area contributed by atoms with Crippen molar-refractivity contribution in [2.24, 2.45) is 0 Å². The zero-order chi connectivity index (χ0) is 13.1. The van der Waals surface area contributed by atoms with Gasteiger partial charge in [-0.3, -0.25) is 9.78 Å². The van der Waals surface area contributed by atoms with Crippen LogP contribution in [0.15, 0.2) is 34.5 Å². The lowest BCUT2D eigenvalue weighted by molar-refractivity contribution is 0.0788. The molecule has 0 aromatic carbocycles. The largest absolute Gasteiger partial charge is 0.335 e. The molecule has 0 saturated heterocycles. The molecule has 2 aromatic heterocycles. The summed E-state index contributed by atoms with van der Waals surface area (Å²) in [5, 5.41) is 1.86. The highest BCUT2D eigenvalue weighted by Gasteiger charge is 2.14. The van der Waals surface area contributed by atoms with E-state index >= 15 is 0 Å². The number of amides is 1. The molecule has 0 N–H and O–H groups in total. The molecule has 94 valence electrons. The van der Waals surface area contributed by atoms with Crippen LogP contribution in [0.2, 0.25) is 0 Å². The summed E-state index contributed by atoms with van der Waals surface area (Å²) in [5.41, 5.74) is 1.86. The van der Waals surface area contributed by atoms with Gasteiger partial charge in [0.15, 0.2) is 0 Å². The maximum atomic E-state index is 12.1. The second kappa shape index (κ2) is 5.54. The van der Waals surface area contributed by atoms with E-state index in [9.17, 15) is 4.79 Å². The van der Waals surface area contributed by atoms with Gasteiger partial charge in [-0.05, 0) is 25.1 Å². The molecule has 0 bridgehead atoms. The number of aryl methyl sites for hydroxylation is 1. The number of carbonyl (C=O) groups excluding carboxylic acids is 1. The van der Waals surface area contributed by atoms with Crippen molar-refractivity contribution in [1.82, 2.24) is 9.88 Å². The summed E-state index contributed by atoms with van der Waals surface area (Å²) in [6.07, 6.45) is 0. The molecule has 0 saturated carbocycles. The van der Waals surface area contributed by atoms with Gasteiger partial charge in [-0.2, -0.15) is 0 Å². The smallest absolute Gasteiger partial charge is 0.264 e. The van der Waals surface area contributed by atoms with Crippen LogP contribution < -0.4 is 0 Å². The SMILES string of the molecule is Cc1cccc(CN(C)C(=O)c2cc(S)cs2)n1. The van der Waals surface area contributed by atoms with Gasteiger partial charge in [0.2, 0.25) is 0 Å². The number of nitrogens with zero attached hydrogens (tertiary/aromatic N) is 2. The van der Waals surface area contributed by atoms with Gasteiger partial charge in [-0.1, -0.05) is 6.07 Å². The fourth-order valence-electron chi connectivity index (χ4n) is 1.63. The van der Waals surface area contributed by atoms with Gasteiger partial charge < -0.3 is 4.90 Å². The van der Waals surface area contributed by atoms with Crippen molar-refractivity contribution in [1.29, 1.82) is 0 Å². The third-order valence-electron chi connectivity index (χ3n) is 2.49. The molecule has 0 aliphatic rings. The Bertz CT molecular complexity index is 566. The summed E-state index contributed by atoms with van der Waals surface area (Å²) >= 11 is 5.62. The highest BCUT2D eigenvalue weighted by atomic mass is 32.1. The summed E-state index contributed by atoms with van der Waals surface area (Å²) < 4.78 is 0. The normalized spacial score (nSPS) is 10.4. The average Bonchev–Trinajstić information content (AvgIpc) is 2.75. The first kappa shape index (κ1) is 13.1. The molecule has 3 nitrogen and oxygen atoms in total. The number of thiol groups is 1. The molecular formula is C13H14N2OS2. The number of aromatic nitrogens is 1. The third kappa shape index (κ3) is 3.11. The van der Waals surface area contributed by atoms with Crippen LogP contribution in [0.1, 0.15) is 21.1 Å². The minimum atomic E-state index is 0.00334. The molecule has 0 aliphatic heterocycles. The van der Waals surface area contributed by atoms with Crippen LogP contribution >= 0.6 is 24.0 Å². The van der Waals surface area contributed by atoms with E-state index < -0.39 is 0 Å². The standard InChI is InChI=1S/C13H14N2OS2/c1-9-4-3-5-10(14-9)7-15(2)13(16)12-6-11(17)8-18-12/h3-6,8,17H,7H2,1-2H3. The van der Waals surface area contributed by atoms with E-state index in [1.54, 1.807) is 18.0 Å². The molecule has 1 amide bonds. The van der Waals surface area contributed by atoms with E-state index in [-0.39, 0.29) is 5.91 Å². The highest BCUT2D eigenvalue weighted by molar-refractivity contribution is 7.80. The van der Waals surface area contributed by atoms with Crippen molar-refractivity contribution in [2.75, 3.05) is 7.05 Å². The minimum Gasteiger partial charge on any atom is -0.335 e. The molecule has 2 aromatic rings. The Labute approximate surface area is 116 Å². The van der Waals surface area contributed by atoms with Crippen LogP contribution in [0, 0.1) is 6.92 Å². The van der Waals surface area contributed by atoms with Crippen molar-refractivity contribution >= 4 is 29.9 Å². The highest BCUT2D eigenvalue weighted by Crippen LogP contribution is 2.19. The average molecular weight is 278 g/mol. The van der Waals surface area contributed by atoms with Gasteiger partial charge in [0.1, 0.15) is 0 Å². The van der Waals surface area contributed by atoms with Crippen molar-refractivity contribution in [3.8, 4) is 0 Å². The van der Waals surface area contributed by atoms with Crippen LogP contribution in [0.25, 0.3) is 0 Å². The number of carbonyl (C=O) groups is 1. The van der Waals surface area contributed by atoms with Crippen LogP contribution in [0.3, 0.4) is 0 Å². The van der Waals surface area contributed by atoms with Crippen molar-refractivity contribution < 1.29 is 4.79 Å². The molecular weight excluding hydrogens is 264 g/mol. The predicted octanol–water partition coefficient (Wildman–Crippen LogP) is 3.01. The first-order valence-corrected chi connectivity index (χ1v) is 6.84. The van der Waals surface area contributed by atoms with E-state index in [2.05, 4.69) is 17.6 Å². The van der Waals surface area contributed by atoms with Gasteiger partial charge in [0.25, 0.3) is 5.91 Å². The maximum Gasteiger partial charge on any atom is 0.264 e. The molecule has 5 heteroatoms. The summed E-state index contributed by atoms with van der Waals surface area (Å²) in [5.74, 6) is 0.00334. The van der Waals surface area contributed by atoms with Crippen molar-refractivity contribution in [2.45, 2.75) is 18.4 Å². The van der Waals surface area contributed by atoms with E-state index in [4.69, 9.17) is 0 Å². The van der Waals surface area contributed by atoms with Crippen molar-refractivity contribution in [3.63, 3.8) is 0 Å². The Morgan fingerprint density at radius 1 is 1.50 bits per heavy atom. The van der Waals surface area contributed by atoms with Crippen LogP contribution in [-0.4, -0.2) is 22.8 Å². The molecule has 0 spiro atoms. The number of hydrogen-bond donors (Lipinski definition) is 1. The monoisotopic (exact) mass is 278 g/mol. The summed E-state index contributed by atoms with van der Waals surface area (Å²) in [7, 11) is 1.78. The predicted molar refractivity (Wildman–Crippen MR) is 76.3 cm³/mol. The lowest BCUT2D eigenvalue weighted by Gasteiger charge is -2.15. The maximum absolute atomic E-state index is 12.1. The molecule has 0 atom stereocenters. The van der Waals surface area contributed by atoms with E-state index in [1.807, 2.05) is 30.5 Å². The molecule has 0 fully saturated rings. The number of rotatable bonds is 3. The lowest BCUT2D eigenvalue weighted by atomic mass is 10.3. The lowest BCUT2D eigenvalue weighted by Crippen LogP contribution is -2.25.